The van der Waals surface area contributed by atoms with Crippen LogP contribution in [0, 0.1) is 11.6 Å². The molecule has 7 nitrogen and oxygen atoms in total. The van der Waals surface area contributed by atoms with Crippen molar-refractivity contribution in [3.63, 3.8) is 0 Å². The molecule has 0 N–H and O–H groups in total. The number of hydrogen-bond donors (Lipinski definition) is 0. The number of benzene rings is 2. The van der Waals surface area contributed by atoms with E-state index in [1.807, 2.05) is 28.5 Å². The van der Waals surface area contributed by atoms with Crippen molar-refractivity contribution in [1.82, 2.24) is 9.29 Å². The third-order valence-electron chi connectivity index (χ3n) is 5.42. The van der Waals surface area contributed by atoms with Crippen LogP contribution in [0.2, 0.25) is 0 Å². The first-order chi connectivity index (χ1) is 15.8. The zero-order chi connectivity index (χ0) is 23.6. The van der Waals surface area contributed by atoms with Crippen LogP contribution in [0.4, 0.5) is 13.9 Å². The minimum atomic E-state index is -4.26. The van der Waals surface area contributed by atoms with Gasteiger partial charge in [-0.3, -0.25) is 0 Å². The van der Waals surface area contributed by atoms with E-state index in [0.29, 0.717) is 19.5 Å². The van der Waals surface area contributed by atoms with E-state index in [1.54, 1.807) is 14.2 Å². The quantitative estimate of drug-likeness (QED) is 0.499. The Morgan fingerprint density at radius 3 is 2.36 bits per heavy atom. The van der Waals surface area contributed by atoms with Crippen LogP contribution in [0.3, 0.4) is 0 Å². The van der Waals surface area contributed by atoms with Gasteiger partial charge in [0.25, 0.3) is 0 Å². The van der Waals surface area contributed by atoms with Crippen molar-refractivity contribution in [3.8, 4) is 11.5 Å². The zero-order valence-corrected chi connectivity index (χ0v) is 19.8. The number of thiazole rings is 1. The van der Waals surface area contributed by atoms with Gasteiger partial charge in [0, 0.05) is 43.5 Å². The Morgan fingerprint density at radius 1 is 1.03 bits per heavy atom. The molecule has 0 bridgehead atoms. The second-order valence-corrected chi connectivity index (χ2v) is 10.1. The molecule has 11 heteroatoms. The number of rotatable bonds is 7. The van der Waals surface area contributed by atoms with Gasteiger partial charge < -0.3 is 14.4 Å². The van der Waals surface area contributed by atoms with Gasteiger partial charge in [0.15, 0.2) is 10.0 Å². The lowest BCUT2D eigenvalue weighted by Gasteiger charge is -2.33. The Bertz CT molecular complexity index is 1220. The van der Waals surface area contributed by atoms with E-state index < -0.39 is 26.6 Å². The first-order valence-corrected chi connectivity index (χ1v) is 12.5. The van der Waals surface area contributed by atoms with E-state index in [-0.39, 0.29) is 13.1 Å². The summed E-state index contributed by atoms with van der Waals surface area (Å²) < 4.78 is 65.5. The lowest BCUT2D eigenvalue weighted by atomic mass is 10.1. The number of piperazine rings is 1. The minimum absolute atomic E-state index is 0.106. The molecular formula is C22H23F2N3O4S2. The maximum absolute atomic E-state index is 14.0. The number of ether oxygens (including phenoxy) is 2. The van der Waals surface area contributed by atoms with Gasteiger partial charge in [-0.15, -0.1) is 11.3 Å². The maximum Gasteiger partial charge on any atom is 0.249 e. The van der Waals surface area contributed by atoms with Gasteiger partial charge in [-0.05, 0) is 30.3 Å². The lowest BCUT2D eigenvalue weighted by Crippen LogP contribution is -2.49. The Hall–Kier alpha value is -2.76. The van der Waals surface area contributed by atoms with Crippen molar-refractivity contribution in [3.05, 3.63) is 64.7 Å². The molecule has 0 aliphatic carbocycles. The normalized spacial score (nSPS) is 15.0. The Kier molecular flexibility index (Phi) is 6.82. The smallest absolute Gasteiger partial charge is 0.249 e. The molecule has 0 spiro atoms. The summed E-state index contributed by atoms with van der Waals surface area (Å²) in [6.45, 7) is 0.943. The lowest BCUT2D eigenvalue weighted by molar-refractivity contribution is 0.378. The van der Waals surface area contributed by atoms with E-state index in [4.69, 9.17) is 14.5 Å². The summed E-state index contributed by atoms with van der Waals surface area (Å²) in [5.74, 6) is -0.709. The number of hydrogen-bond acceptors (Lipinski definition) is 7. The van der Waals surface area contributed by atoms with Crippen molar-refractivity contribution >= 4 is 26.5 Å². The van der Waals surface area contributed by atoms with E-state index >= 15 is 0 Å². The fourth-order valence-electron chi connectivity index (χ4n) is 3.72. The average molecular weight is 496 g/mol. The van der Waals surface area contributed by atoms with Gasteiger partial charge in [0.2, 0.25) is 10.0 Å². The zero-order valence-electron chi connectivity index (χ0n) is 18.1. The summed E-state index contributed by atoms with van der Waals surface area (Å²) >= 11 is 1.46. The Balaban J connectivity index is 1.45. The monoisotopic (exact) mass is 495 g/mol. The Labute approximate surface area is 195 Å². The van der Waals surface area contributed by atoms with E-state index in [1.165, 1.54) is 11.3 Å². The number of halogens is 2. The molecule has 1 aliphatic rings. The molecule has 1 saturated heterocycles. The summed E-state index contributed by atoms with van der Waals surface area (Å²) in [5, 5.41) is 2.72. The Morgan fingerprint density at radius 2 is 1.73 bits per heavy atom. The standard InChI is InChI=1S/C22H23F2N3O4S2/c1-30-17-6-7-20(31-2)15(13-17)12-16-14-32-22(25-16)26-8-10-27(11-9-26)33(28,29)21-18(23)4-3-5-19(21)24/h3-7,13-14H,8-12H2,1-2H3. The van der Waals surface area contributed by atoms with Crippen LogP contribution in [-0.2, 0) is 16.4 Å². The molecule has 4 rings (SSSR count). The van der Waals surface area contributed by atoms with Crippen LogP contribution in [-0.4, -0.2) is 58.1 Å². The van der Waals surface area contributed by atoms with E-state index in [9.17, 15) is 17.2 Å². The van der Waals surface area contributed by atoms with Crippen LogP contribution in [0.15, 0.2) is 46.7 Å². The summed E-state index contributed by atoms with van der Waals surface area (Å²) in [7, 11) is -1.05. The van der Waals surface area contributed by atoms with Crippen molar-refractivity contribution in [2.45, 2.75) is 11.3 Å². The molecule has 1 aromatic heterocycles. The van der Waals surface area contributed by atoms with Crippen molar-refractivity contribution in [2.24, 2.45) is 0 Å². The largest absolute Gasteiger partial charge is 0.497 e. The van der Waals surface area contributed by atoms with Crippen LogP contribution in [0.25, 0.3) is 0 Å². The van der Waals surface area contributed by atoms with Crippen molar-refractivity contribution in [2.75, 3.05) is 45.3 Å². The average Bonchev–Trinajstić information content (AvgIpc) is 3.27. The third kappa shape index (κ3) is 4.80. The van der Waals surface area contributed by atoms with Gasteiger partial charge in [-0.1, -0.05) is 6.07 Å². The predicted molar refractivity (Wildman–Crippen MR) is 122 cm³/mol. The molecule has 2 aromatic carbocycles. The molecule has 176 valence electrons. The molecule has 1 fully saturated rings. The highest BCUT2D eigenvalue weighted by Gasteiger charge is 2.33. The summed E-state index contributed by atoms with van der Waals surface area (Å²) in [6.07, 6.45) is 0.553. The molecule has 0 saturated carbocycles. The second kappa shape index (κ2) is 9.62. The van der Waals surface area contributed by atoms with Gasteiger partial charge in [0.1, 0.15) is 23.1 Å². The number of sulfonamides is 1. The summed E-state index contributed by atoms with van der Waals surface area (Å²) in [6, 6.07) is 8.61. The fourth-order valence-corrected chi connectivity index (χ4v) is 6.13. The highest BCUT2D eigenvalue weighted by molar-refractivity contribution is 7.89. The van der Waals surface area contributed by atoms with Crippen molar-refractivity contribution < 1.29 is 26.7 Å². The van der Waals surface area contributed by atoms with E-state index in [0.717, 1.165) is 50.4 Å². The molecular weight excluding hydrogens is 472 g/mol. The maximum atomic E-state index is 14.0. The second-order valence-electron chi connectivity index (χ2n) is 7.42. The molecule has 0 radical (unpaired) electrons. The first-order valence-electron chi connectivity index (χ1n) is 10.2. The topological polar surface area (TPSA) is 72.0 Å². The predicted octanol–water partition coefficient (Wildman–Crippen LogP) is 3.54. The molecule has 0 atom stereocenters. The fraction of sp³-hybridized carbons (Fsp3) is 0.318. The van der Waals surface area contributed by atoms with Crippen molar-refractivity contribution in [1.29, 1.82) is 0 Å². The van der Waals surface area contributed by atoms with Gasteiger partial charge in [-0.2, -0.15) is 4.31 Å². The van der Waals surface area contributed by atoms with Gasteiger partial charge in [0.05, 0.1) is 19.9 Å². The first kappa shape index (κ1) is 23.4. The van der Waals surface area contributed by atoms with Crippen LogP contribution < -0.4 is 14.4 Å². The molecule has 0 amide bonds. The number of aromatic nitrogens is 1. The van der Waals surface area contributed by atoms with E-state index in [2.05, 4.69) is 0 Å². The molecule has 3 aromatic rings. The number of methoxy groups -OCH3 is 2. The van der Waals surface area contributed by atoms with Gasteiger partial charge >= 0.3 is 0 Å². The highest BCUT2D eigenvalue weighted by atomic mass is 32.2. The van der Waals surface area contributed by atoms with Gasteiger partial charge in [-0.25, -0.2) is 22.2 Å². The number of anilines is 1. The molecule has 33 heavy (non-hydrogen) atoms. The molecule has 2 heterocycles. The SMILES string of the molecule is COc1ccc(OC)c(Cc2csc(N3CCN(S(=O)(=O)c4c(F)cccc4F)CC3)n2)c1. The minimum Gasteiger partial charge on any atom is -0.497 e. The summed E-state index contributed by atoms with van der Waals surface area (Å²) in [4.78, 5) is 5.77. The highest BCUT2D eigenvalue weighted by Crippen LogP contribution is 2.30. The molecule has 1 aliphatic heterocycles. The molecule has 0 unspecified atom stereocenters. The number of nitrogens with zero attached hydrogens (tertiary/aromatic N) is 3. The van der Waals surface area contributed by atoms with Crippen LogP contribution in [0.1, 0.15) is 11.3 Å². The van der Waals surface area contributed by atoms with Crippen LogP contribution >= 0.6 is 11.3 Å². The van der Waals surface area contributed by atoms with Crippen LogP contribution in [0.5, 0.6) is 11.5 Å². The third-order valence-corrected chi connectivity index (χ3v) is 8.33. The summed E-state index contributed by atoms with van der Waals surface area (Å²) in [5.41, 5.74) is 1.79.